The summed E-state index contributed by atoms with van der Waals surface area (Å²) in [4.78, 5) is 0. The summed E-state index contributed by atoms with van der Waals surface area (Å²) in [5.74, 6) is 0.617. The Labute approximate surface area is 92.6 Å². The zero-order valence-electron chi connectivity index (χ0n) is 8.25. The summed E-state index contributed by atoms with van der Waals surface area (Å²) in [5.41, 5.74) is 1.18. The van der Waals surface area contributed by atoms with E-state index in [-0.39, 0.29) is 0 Å². The Morgan fingerprint density at radius 3 is 2.85 bits per heavy atom. The lowest BCUT2D eigenvalue weighted by atomic mass is 10.2. The number of nitrogens with zero attached hydrogens (tertiary/aromatic N) is 2. The standard InChI is InChI=1S/C9H15IN2O/c1-7(2)5-12-9(6-13-3)8(10)4-11-12/h4,7H,5-6H2,1-3H3. The second-order valence-corrected chi connectivity index (χ2v) is 4.61. The molecule has 4 heteroatoms. The first kappa shape index (κ1) is 11.0. The number of ether oxygens (including phenoxy) is 1. The zero-order chi connectivity index (χ0) is 9.84. The molecule has 1 aromatic heterocycles. The second-order valence-electron chi connectivity index (χ2n) is 3.45. The van der Waals surface area contributed by atoms with Gasteiger partial charge in [-0.2, -0.15) is 5.10 Å². The van der Waals surface area contributed by atoms with Crippen LogP contribution in [0, 0.1) is 9.49 Å². The summed E-state index contributed by atoms with van der Waals surface area (Å²) in [6.45, 7) is 5.98. The highest BCUT2D eigenvalue weighted by Crippen LogP contribution is 2.13. The Balaban J connectivity index is 2.80. The highest BCUT2D eigenvalue weighted by Gasteiger charge is 2.08. The largest absolute Gasteiger partial charge is 0.378 e. The summed E-state index contributed by atoms with van der Waals surface area (Å²) in [6.07, 6.45) is 1.89. The van der Waals surface area contributed by atoms with Crippen molar-refractivity contribution in [2.24, 2.45) is 5.92 Å². The topological polar surface area (TPSA) is 27.1 Å². The molecule has 0 aliphatic rings. The van der Waals surface area contributed by atoms with Gasteiger partial charge in [-0.25, -0.2) is 0 Å². The SMILES string of the molecule is COCc1c(I)cnn1CC(C)C. The fourth-order valence-corrected chi connectivity index (χ4v) is 1.73. The van der Waals surface area contributed by atoms with Gasteiger partial charge >= 0.3 is 0 Å². The number of hydrogen-bond donors (Lipinski definition) is 0. The molecule has 0 saturated heterocycles. The molecule has 0 saturated carbocycles. The number of rotatable bonds is 4. The van der Waals surface area contributed by atoms with E-state index in [1.807, 2.05) is 10.9 Å². The van der Waals surface area contributed by atoms with Crippen molar-refractivity contribution in [3.8, 4) is 0 Å². The van der Waals surface area contributed by atoms with E-state index in [0.717, 1.165) is 6.54 Å². The van der Waals surface area contributed by atoms with Crippen LogP contribution in [0.3, 0.4) is 0 Å². The first-order valence-electron chi connectivity index (χ1n) is 4.34. The maximum atomic E-state index is 5.12. The third kappa shape index (κ3) is 2.95. The second kappa shape index (κ2) is 4.95. The normalized spacial score (nSPS) is 11.2. The summed E-state index contributed by atoms with van der Waals surface area (Å²) in [6, 6.07) is 0. The summed E-state index contributed by atoms with van der Waals surface area (Å²) >= 11 is 2.29. The Hall–Kier alpha value is -0.100. The number of halogens is 1. The molecule has 0 aromatic carbocycles. The average molecular weight is 294 g/mol. The fraction of sp³-hybridized carbons (Fsp3) is 0.667. The molecule has 0 atom stereocenters. The van der Waals surface area contributed by atoms with Crippen molar-refractivity contribution in [2.75, 3.05) is 7.11 Å². The van der Waals surface area contributed by atoms with E-state index in [4.69, 9.17) is 4.74 Å². The van der Waals surface area contributed by atoms with Gasteiger partial charge in [0.15, 0.2) is 0 Å². The van der Waals surface area contributed by atoms with Crippen LogP contribution in [0.15, 0.2) is 6.20 Å². The van der Waals surface area contributed by atoms with Crippen LogP contribution in [0.4, 0.5) is 0 Å². The Morgan fingerprint density at radius 1 is 1.62 bits per heavy atom. The van der Waals surface area contributed by atoms with E-state index in [2.05, 4.69) is 41.5 Å². The molecule has 3 nitrogen and oxygen atoms in total. The van der Waals surface area contributed by atoms with Crippen LogP contribution in [0.1, 0.15) is 19.5 Å². The molecular formula is C9H15IN2O. The number of hydrogen-bond acceptors (Lipinski definition) is 2. The molecule has 0 spiro atoms. The number of aromatic nitrogens is 2. The zero-order valence-corrected chi connectivity index (χ0v) is 10.4. The third-order valence-electron chi connectivity index (χ3n) is 1.72. The van der Waals surface area contributed by atoms with E-state index < -0.39 is 0 Å². The van der Waals surface area contributed by atoms with E-state index in [9.17, 15) is 0 Å². The Bertz CT molecular complexity index is 271. The van der Waals surface area contributed by atoms with Gasteiger partial charge in [-0.05, 0) is 28.5 Å². The predicted molar refractivity (Wildman–Crippen MR) is 60.5 cm³/mol. The highest BCUT2D eigenvalue weighted by molar-refractivity contribution is 14.1. The van der Waals surface area contributed by atoms with Crippen LogP contribution >= 0.6 is 22.6 Å². The molecule has 0 radical (unpaired) electrons. The quantitative estimate of drug-likeness (QED) is 0.797. The molecule has 1 aromatic rings. The van der Waals surface area contributed by atoms with Crippen LogP contribution in [0.2, 0.25) is 0 Å². The summed E-state index contributed by atoms with van der Waals surface area (Å²) < 4.78 is 8.33. The molecule has 1 heterocycles. The lowest BCUT2D eigenvalue weighted by molar-refractivity contribution is 0.174. The Morgan fingerprint density at radius 2 is 2.31 bits per heavy atom. The van der Waals surface area contributed by atoms with Crippen molar-refractivity contribution in [1.29, 1.82) is 0 Å². The van der Waals surface area contributed by atoms with Crippen LogP contribution in [0.5, 0.6) is 0 Å². The minimum atomic E-state index is 0.617. The van der Waals surface area contributed by atoms with Crippen molar-refractivity contribution in [3.05, 3.63) is 15.5 Å². The molecule has 0 amide bonds. The van der Waals surface area contributed by atoms with Crippen molar-refractivity contribution < 1.29 is 4.74 Å². The average Bonchev–Trinajstić information content (AvgIpc) is 2.35. The van der Waals surface area contributed by atoms with Gasteiger partial charge in [0.25, 0.3) is 0 Å². The van der Waals surface area contributed by atoms with Crippen molar-refractivity contribution in [3.63, 3.8) is 0 Å². The van der Waals surface area contributed by atoms with E-state index in [0.29, 0.717) is 12.5 Å². The van der Waals surface area contributed by atoms with Gasteiger partial charge in [0.05, 0.1) is 22.1 Å². The Kier molecular flexibility index (Phi) is 4.18. The molecule has 13 heavy (non-hydrogen) atoms. The van der Waals surface area contributed by atoms with Crippen LogP contribution < -0.4 is 0 Å². The van der Waals surface area contributed by atoms with Crippen molar-refractivity contribution >= 4 is 22.6 Å². The molecule has 74 valence electrons. The molecule has 1 rings (SSSR count). The predicted octanol–water partition coefficient (Wildman–Crippen LogP) is 2.29. The lowest BCUT2D eigenvalue weighted by Gasteiger charge is -2.09. The van der Waals surface area contributed by atoms with Gasteiger partial charge in [0.1, 0.15) is 0 Å². The molecule has 0 N–H and O–H groups in total. The van der Waals surface area contributed by atoms with E-state index in [1.54, 1.807) is 7.11 Å². The molecule has 0 aliphatic carbocycles. The van der Waals surface area contributed by atoms with Crippen LogP contribution in [0.25, 0.3) is 0 Å². The smallest absolute Gasteiger partial charge is 0.0891 e. The molecule has 0 bridgehead atoms. The monoisotopic (exact) mass is 294 g/mol. The van der Waals surface area contributed by atoms with Gasteiger partial charge in [-0.15, -0.1) is 0 Å². The van der Waals surface area contributed by atoms with Crippen LogP contribution in [-0.4, -0.2) is 16.9 Å². The number of methoxy groups -OCH3 is 1. The van der Waals surface area contributed by atoms with Gasteiger partial charge in [0, 0.05) is 13.7 Å². The molecule has 0 aliphatic heterocycles. The van der Waals surface area contributed by atoms with Crippen molar-refractivity contribution in [1.82, 2.24) is 9.78 Å². The lowest BCUT2D eigenvalue weighted by Crippen LogP contribution is -2.10. The van der Waals surface area contributed by atoms with Crippen molar-refractivity contribution in [2.45, 2.75) is 27.0 Å². The maximum Gasteiger partial charge on any atom is 0.0891 e. The summed E-state index contributed by atoms with van der Waals surface area (Å²) in [5, 5.41) is 4.30. The maximum absolute atomic E-state index is 5.12. The first-order valence-corrected chi connectivity index (χ1v) is 5.42. The fourth-order valence-electron chi connectivity index (χ4n) is 1.17. The van der Waals surface area contributed by atoms with Gasteiger partial charge in [0.2, 0.25) is 0 Å². The molecule has 0 unspecified atom stereocenters. The van der Waals surface area contributed by atoms with Gasteiger partial charge < -0.3 is 4.74 Å². The van der Waals surface area contributed by atoms with E-state index >= 15 is 0 Å². The van der Waals surface area contributed by atoms with Crippen LogP contribution in [-0.2, 0) is 17.9 Å². The molecule has 0 fully saturated rings. The van der Waals surface area contributed by atoms with Gasteiger partial charge in [-0.3, -0.25) is 4.68 Å². The van der Waals surface area contributed by atoms with E-state index in [1.165, 1.54) is 9.26 Å². The molecular weight excluding hydrogens is 279 g/mol. The van der Waals surface area contributed by atoms with Gasteiger partial charge in [-0.1, -0.05) is 13.8 Å². The third-order valence-corrected chi connectivity index (χ3v) is 2.62. The minimum Gasteiger partial charge on any atom is -0.378 e. The minimum absolute atomic E-state index is 0.617. The first-order chi connectivity index (χ1) is 6.15. The highest BCUT2D eigenvalue weighted by atomic mass is 127. The summed E-state index contributed by atoms with van der Waals surface area (Å²) in [7, 11) is 1.71.